The van der Waals surface area contributed by atoms with Gasteiger partial charge in [0.1, 0.15) is 5.75 Å². The average Bonchev–Trinajstić information content (AvgIpc) is 2.83. The summed E-state index contributed by atoms with van der Waals surface area (Å²) in [5.74, 6) is -0.976. The van der Waals surface area contributed by atoms with Gasteiger partial charge in [0, 0.05) is 5.69 Å². The van der Waals surface area contributed by atoms with Crippen LogP contribution < -0.4 is 5.32 Å². The van der Waals surface area contributed by atoms with Crippen LogP contribution in [0, 0.1) is 0 Å². The number of hydrogen-bond acceptors (Lipinski definition) is 3. The lowest BCUT2D eigenvalue weighted by molar-refractivity contribution is -0.113. The van der Waals surface area contributed by atoms with Crippen LogP contribution in [-0.4, -0.2) is 25.3 Å². The number of anilines is 1. The van der Waals surface area contributed by atoms with E-state index >= 15 is 0 Å². The molecule has 2 aromatic carbocycles. The van der Waals surface area contributed by atoms with E-state index in [-0.39, 0.29) is 0 Å². The van der Waals surface area contributed by atoms with Crippen molar-refractivity contribution in [3.05, 3.63) is 53.6 Å². The van der Waals surface area contributed by atoms with Gasteiger partial charge in [-0.2, -0.15) is 0 Å². The van der Waals surface area contributed by atoms with E-state index in [9.17, 15) is 13.2 Å². The number of sulfone groups is 1. The third-order valence-corrected chi connectivity index (χ3v) is 6.23. The van der Waals surface area contributed by atoms with Gasteiger partial charge < -0.3 is 5.32 Å². The van der Waals surface area contributed by atoms with Gasteiger partial charge in [-0.1, -0.05) is 30.3 Å². The minimum absolute atomic E-state index is 0.484. The highest BCUT2D eigenvalue weighted by Gasteiger charge is 2.22. The molecule has 2 aromatic rings. The highest BCUT2D eigenvalue weighted by molar-refractivity contribution is 7.92. The van der Waals surface area contributed by atoms with Crippen molar-refractivity contribution in [3.63, 3.8) is 0 Å². The summed E-state index contributed by atoms with van der Waals surface area (Å²) in [6.07, 6.45) is 0.833. The van der Waals surface area contributed by atoms with E-state index in [2.05, 4.69) is 17.4 Å². The monoisotopic (exact) mass is 329 g/mol. The first-order chi connectivity index (χ1) is 10.9. The Morgan fingerprint density at radius 2 is 1.78 bits per heavy atom. The second-order valence-corrected chi connectivity index (χ2v) is 8.67. The van der Waals surface area contributed by atoms with E-state index < -0.39 is 26.7 Å². The van der Waals surface area contributed by atoms with Crippen LogP contribution in [0.15, 0.2) is 42.5 Å². The number of carbonyl (C=O) groups is 1. The van der Waals surface area contributed by atoms with Crippen molar-refractivity contribution < 1.29 is 13.2 Å². The zero-order chi connectivity index (χ0) is 16.6. The number of benzene rings is 2. The van der Waals surface area contributed by atoms with Gasteiger partial charge in [-0.3, -0.25) is 4.79 Å². The van der Waals surface area contributed by atoms with Crippen LogP contribution in [0.5, 0.6) is 0 Å². The summed E-state index contributed by atoms with van der Waals surface area (Å²) in [5.41, 5.74) is 5.46. The minimum atomic E-state index is -3.38. The molecule has 0 heterocycles. The molecule has 1 amide bonds. The Labute approximate surface area is 136 Å². The summed E-state index contributed by atoms with van der Waals surface area (Å²) in [4.78, 5) is 12.0. The van der Waals surface area contributed by atoms with Crippen molar-refractivity contribution in [3.8, 4) is 11.1 Å². The van der Waals surface area contributed by atoms with E-state index in [0.29, 0.717) is 5.69 Å². The maximum atomic E-state index is 12.0. The Morgan fingerprint density at radius 3 is 2.52 bits per heavy atom. The largest absolute Gasteiger partial charge is 0.325 e. The lowest BCUT2D eigenvalue weighted by Crippen LogP contribution is -2.27. The molecule has 0 saturated heterocycles. The summed E-state index contributed by atoms with van der Waals surface area (Å²) in [7, 11) is -3.38. The molecule has 23 heavy (non-hydrogen) atoms. The summed E-state index contributed by atoms with van der Waals surface area (Å²) < 4.78 is 23.6. The smallest absolute Gasteiger partial charge is 0.239 e. The molecular weight excluding hydrogens is 310 g/mol. The standard InChI is InChI=1S/C18H19NO3S/c1-12(2)23(21,22)11-18(20)19-15-7-8-17-14(10-15)9-13-5-3-4-6-16(13)17/h3-8,10,12H,9,11H2,1-2H3,(H,19,20). The Bertz CT molecular complexity index is 870. The summed E-state index contributed by atoms with van der Waals surface area (Å²) in [6, 6.07) is 14.0. The maximum Gasteiger partial charge on any atom is 0.239 e. The Balaban J connectivity index is 1.77. The third kappa shape index (κ3) is 3.15. The molecule has 0 aromatic heterocycles. The molecule has 0 atom stereocenters. The molecule has 1 aliphatic carbocycles. The van der Waals surface area contributed by atoms with Gasteiger partial charge in [0.05, 0.1) is 5.25 Å². The molecule has 1 aliphatic rings. The molecule has 0 bridgehead atoms. The summed E-state index contributed by atoms with van der Waals surface area (Å²) in [5, 5.41) is 2.14. The fourth-order valence-electron chi connectivity index (χ4n) is 2.77. The van der Waals surface area contributed by atoms with E-state index in [0.717, 1.165) is 12.0 Å². The Morgan fingerprint density at radius 1 is 1.09 bits per heavy atom. The number of carbonyl (C=O) groups excluding carboxylic acids is 1. The number of rotatable bonds is 4. The van der Waals surface area contributed by atoms with Crippen LogP contribution in [0.3, 0.4) is 0 Å². The Kier molecular flexibility index (Phi) is 3.98. The minimum Gasteiger partial charge on any atom is -0.325 e. The van der Waals surface area contributed by atoms with E-state index in [1.165, 1.54) is 16.7 Å². The average molecular weight is 329 g/mol. The van der Waals surface area contributed by atoms with Crippen LogP contribution >= 0.6 is 0 Å². The van der Waals surface area contributed by atoms with Gasteiger partial charge >= 0.3 is 0 Å². The highest BCUT2D eigenvalue weighted by Crippen LogP contribution is 2.37. The van der Waals surface area contributed by atoms with Crippen molar-refractivity contribution >= 4 is 21.4 Å². The van der Waals surface area contributed by atoms with Crippen LogP contribution in [0.4, 0.5) is 5.69 Å². The number of fused-ring (bicyclic) bond motifs is 3. The Hall–Kier alpha value is -2.14. The van der Waals surface area contributed by atoms with Crippen molar-refractivity contribution in [2.45, 2.75) is 25.5 Å². The molecule has 0 spiro atoms. The predicted octanol–water partition coefficient (Wildman–Crippen LogP) is 3.02. The molecule has 0 unspecified atom stereocenters. The van der Waals surface area contributed by atoms with E-state index in [1.54, 1.807) is 13.8 Å². The van der Waals surface area contributed by atoms with Gasteiger partial charge in [-0.05, 0) is 54.7 Å². The molecule has 120 valence electrons. The first kappa shape index (κ1) is 15.7. The number of nitrogens with one attached hydrogen (secondary N) is 1. The summed E-state index contributed by atoms with van der Waals surface area (Å²) >= 11 is 0. The maximum absolute atomic E-state index is 12.0. The van der Waals surface area contributed by atoms with Crippen molar-refractivity contribution in [2.24, 2.45) is 0 Å². The van der Waals surface area contributed by atoms with Gasteiger partial charge in [-0.15, -0.1) is 0 Å². The number of hydrogen-bond donors (Lipinski definition) is 1. The molecule has 0 fully saturated rings. The second kappa shape index (κ2) is 5.81. The highest BCUT2D eigenvalue weighted by atomic mass is 32.2. The molecule has 1 N–H and O–H groups in total. The van der Waals surface area contributed by atoms with E-state index in [1.807, 2.05) is 30.3 Å². The lowest BCUT2D eigenvalue weighted by Gasteiger charge is -2.10. The summed E-state index contributed by atoms with van der Waals surface area (Å²) in [6.45, 7) is 3.16. The van der Waals surface area contributed by atoms with Crippen LogP contribution in [-0.2, 0) is 21.1 Å². The lowest BCUT2D eigenvalue weighted by atomic mass is 10.1. The zero-order valence-electron chi connectivity index (χ0n) is 13.2. The van der Waals surface area contributed by atoms with Gasteiger partial charge in [0.15, 0.2) is 9.84 Å². The third-order valence-electron chi connectivity index (χ3n) is 4.13. The van der Waals surface area contributed by atoms with Crippen LogP contribution in [0.25, 0.3) is 11.1 Å². The number of amides is 1. The first-order valence-electron chi connectivity index (χ1n) is 7.59. The molecule has 5 heteroatoms. The topological polar surface area (TPSA) is 63.2 Å². The van der Waals surface area contributed by atoms with Crippen molar-refractivity contribution in [1.29, 1.82) is 0 Å². The van der Waals surface area contributed by atoms with Gasteiger partial charge in [0.2, 0.25) is 5.91 Å². The van der Waals surface area contributed by atoms with Crippen molar-refractivity contribution in [2.75, 3.05) is 11.1 Å². The molecule has 4 nitrogen and oxygen atoms in total. The molecule has 0 aliphatic heterocycles. The zero-order valence-corrected chi connectivity index (χ0v) is 14.0. The van der Waals surface area contributed by atoms with E-state index in [4.69, 9.17) is 0 Å². The molecule has 3 rings (SSSR count). The fourth-order valence-corrected chi connectivity index (χ4v) is 3.54. The normalized spacial score (nSPS) is 12.8. The molecule has 0 saturated carbocycles. The van der Waals surface area contributed by atoms with Crippen LogP contribution in [0.2, 0.25) is 0 Å². The van der Waals surface area contributed by atoms with Crippen molar-refractivity contribution in [1.82, 2.24) is 0 Å². The van der Waals surface area contributed by atoms with Gasteiger partial charge in [-0.25, -0.2) is 8.42 Å². The molecule has 0 radical (unpaired) electrons. The first-order valence-corrected chi connectivity index (χ1v) is 9.31. The predicted molar refractivity (Wildman–Crippen MR) is 92.2 cm³/mol. The SMILES string of the molecule is CC(C)S(=O)(=O)CC(=O)Nc1ccc2c(c1)Cc1ccccc1-2. The molecular formula is C18H19NO3S. The quantitative estimate of drug-likeness (QED) is 0.800. The van der Waals surface area contributed by atoms with Gasteiger partial charge in [0.25, 0.3) is 0 Å². The fraction of sp³-hybridized carbons (Fsp3) is 0.278. The van der Waals surface area contributed by atoms with Crippen LogP contribution in [0.1, 0.15) is 25.0 Å². The second-order valence-electron chi connectivity index (χ2n) is 6.11.